The number of nitrogens with zero attached hydrogens (tertiary/aromatic N) is 2. The zero-order valence-electron chi connectivity index (χ0n) is 13.1. The molecule has 2 atom stereocenters. The molecule has 0 aliphatic carbocycles. The van der Waals surface area contributed by atoms with Gasteiger partial charge in [-0.2, -0.15) is 4.31 Å². The normalized spacial score (nSPS) is 22.1. The average molecular weight is 304 g/mol. The van der Waals surface area contributed by atoms with E-state index in [1.54, 1.807) is 0 Å². The molecular weight excluding hydrogens is 276 g/mol. The molecule has 20 heavy (non-hydrogen) atoms. The molecule has 0 bridgehead atoms. The van der Waals surface area contributed by atoms with Crippen molar-refractivity contribution in [2.75, 3.05) is 19.3 Å². The number of rotatable bonds is 6. The molecule has 1 fully saturated rings. The molecule has 0 spiro atoms. The lowest BCUT2D eigenvalue weighted by Crippen LogP contribution is -2.50. The summed E-state index contributed by atoms with van der Waals surface area (Å²) in [5.74, 6) is -0.0534. The van der Waals surface area contributed by atoms with Crippen molar-refractivity contribution in [3.8, 4) is 0 Å². The first-order chi connectivity index (χ1) is 9.31. The quantitative estimate of drug-likeness (QED) is 0.752. The SMILES string of the molecule is CCC1CCCCN1C(=O)CN(C(C)CC)S(C)(=O)=O. The van der Waals surface area contributed by atoms with Crippen molar-refractivity contribution in [2.45, 2.75) is 65.0 Å². The van der Waals surface area contributed by atoms with E-state index < -0.39 is 10.0 Å². The smallest absolute Gasteiger partial charge is 0.238 e. The van der Waals surface area contributed by atoms with Crippen molar-refractivity contribution in [1.29, 1.82) is 0 Å². The molecule has 1 amide bonds. The van der Waals surface area contributed by atoms with Crippen molar-refractivity contribution >= 4 is 15.9 Å². The predicted octanol–water partition coefficient (Wildman–Crippen LogP) is 1.84. The Kier molecular flexibility index (Phi) is 6.45. The van der Waals surface area contributed by atoms with Gasteiger partial charge in [-0.1, -0.05) is 13.8 Å². The molecule has 0 aromatic heterocycles. The molecule has 1 heterocycles. The molecule has 2 unspecified atom stereocenters. The van der Waals surface area contributed by atoms with Crippen LogP contribution < -0.4 is 0 Å². The van der Waals surface area contributed by atoms with E-state index in [1.165, 1.54) is 10.6 Å². The van der Waals surface area contributed by atoms with Crippen molar-refractivity contribution in [3.63, 3.8) is 0 Å². The summed E-state index contributed by atoms with van der Waals surface area (Å²) in [6.45, 7) is 6.60. The molecule has 0 saturated carbocycles. The van der Waals surface area contributed by atoms with Gasteiger partial charge in [-0.15, -0.1) is 0 Å². The summed E-state index contributed by atoms with van der Waals surface area (Å²) in [6.07, 6.45) is 6.03. The van der Waals surface area contributed by atoms with Crippen molar-refractivity contribution in [2.24, 2.45) is 0 Å². The fraction of sp³-hybridized carbons (Fsp3) is 0.929. The highest BCUT2D eigenvalue weighted by Crippen LogP contribution is 2.20. The lowest BCUT2D eigenvalue weighted by atomic mass is 10.00. The number of amides is 1. The fourth-order valence-corrected chi connectivity index (χ4v) is 3.93. The third-order valence-electron chi connectivity index (χ3n) is 4.22. The van der Waals surface area contributed by atoms with Crippen LogP contribution in [0.2, 0.25) is 0 Å². The maximum Gasteiger partial charge on any atom is 0.238 e. The first kappa shape index (κ1) is 17.4. The molecular formula is C14H28N2O3S. The summed E-state index contributed by atoms with van der Waals surface area (Å²) >= 11 is 0. The Bertz CT molecular complexity index is 422. The lowest BCUT2D eigenvalue weighted by molar-refractivity contribution is -0.135. The van der Waals surface area contributed by atoms with Crippen LogP contribution in [0.15, 0.2) is 0 Å². The summed E-state index contributed by atoms with van der Waals surface area (Å²) < 4.78 is 25.0. The number of carbonyl (C=O) groups excluding carboxylic acids is 1. The minimum atomic E-state index is -3.35. The van der Waals surface area contributed by atoms with Crippen LogP contribution >= 0.6 is 0 Å². The number of likely N-dealkylation sites (tertiary alicyclic amines) is 1. The van der Waals surface area contributed by atoms with Gasteiger partial charge in [-0.3, -0.25) is 4.79 Å². The highest BCUT2D eigenvalue weighted by atomic mass is 32.2. The van der Waals surface area contributed by atoms with Gasteiger partial charge in [0.05, 0.1) is 12.8 Å². The van der Waals surface area contributed by atoms with E-state index in [-0.39, 0.29) is 24.5 Å². The maximum absolute atomic E-state index is 12.5. The average Bonchev–Trinajstić information content (AvgIpc) is 2.42. The molecule has 1 aliphatic rings. The van der Waals surface area contributed by atoms with Gasteiger partial charge >= 0.3 is 0 Å². The second-order valence-corrected chi connectivity index (χ2v) is 7.65. The summed E-state index contributed by atoms with van der Waals surface area (Å²) in [7, 11) is -3.35. The van der Waals surface area contributed by atoms with Gasteiger partial charge in [0, 0.05) is 18.6 Å². The van der Waals surface area contributed by atoms with Gasteiger partial charge in [0.15, 0.2) is 0 Å². The van der Waals surface area contributed by atoms with Crippen LogP contribution in [0, 0.1) is 0 Å². The highest BCUT2D eigenvalue weighted by Gasteiger charge is 2.30. The van der Waals surface area contributed by atoms with Crippen molar-refractivity contribution in [1.82, 2.24) is 9.21 Å². The van der Waals surface area contributed by atoms with Gasteiger partial charge in [0.2, 0.25) is 15.9 Å². The molecule has 6 heteroatoms. The van der Waals surface area contributed by atoms with Gasteiger partial charge in [0.1, 0.15) is 0 Å². The number of hydrogen-bond donors (Lipinski definition) is 0. The Morgan fingerprint density at radius 3 is 2.50 bits per heavy atom. The molecule has 0 aromatic rings. The van der Waals surface area contributed by atoms with E-state index in [9.17, 15) is 13.2 Å². The predicted molar refractivity (Wildman–Crippen MR) is 80.9 cm³/mol. The molecule has 1 aliphatic heterocycles. The van der Waals surface area contributed by atoms with Gasteiger partial charge < -0.3 is 4.90 Å². The van der Waals surface area contributed by atoms with Crippen LogP contribution in [0.4, 0.5) is 0 Å². The highest BCUT2D eigenvalue weighted by molar-refractivity contribution is 7.88. The van der Waals surface area contributed by atoms with Crippen LogP contribution in [0.3, 0.4) is 0 Å². The van der Waals surface area contributed by atoms with Gasteiger partial charge in [-0.05, 0) is 39.0 Å². The summed E-state index contributed by atoms with van der Waals surface area (Å²) in [5.41, 5.74) is 0. The topological polar surface area (TPSA) is 57.7 Å². The van der Waals surface area contributed by atoms with Crippen LogP contribution in [0.5, 0.6) is 0 Å². The van der Waals surface area contributed by atoms with E-state index in [0.29, 0.717) is 6.42 Å². The summed E-state index contributed by atoms with van der Waals surface area (Å²) in [6, 6.07) is 0.133. The molecule has 0 N–H and O–H groups in total. The van der Waals surface area contributed by atoms with Crippen molar-refractivity contribution in [3.05, 3.63) is 0 Å². The molecule has 5 nitrogen and oxygen atoms in total. The number of piperidine rings is 1. The zero-order chi connectivity index (χ0) is 15.3. The van der Waals surface area contributed by atoms with Crippen LogP contribution in [0.1, 0.15) is 52.9 Å². The van der Waals surface area contributed by atoms with E-state index >= 15 is 0 Å². The molecule has 1 rings (SSSR count). The van der Waals surface area contributed by atoms with Crippen LogP contribution in [0.25, 0.3) is 0 Å². The second kappa shape index (κ2) is 7.41. The Morgan fingerprint density at radius 1 is 1.35 bits per heavy atom. The Labute approximate surface area is 123 Å². The molecule has 0 aromatic carbocycles. The monoisotopic (exact) mass is 304 g/mol. The first-order valence-corrected chi connectivity index (χ1v) is 9.42. The minimum Gasteiger partial charge on any atom is -0.339 e. The standard InChI is InChI=1S/C14H28N2O3S/c1-5-12(3)16(20(4,18)19)11-14(17)15-10-8-7-9-13(15)6-2/h12-13H,5-11H2,1-4H3. The van der Waals surface area contributed by atoms with Crippen molar-refractivity contribution < 1.29 is 13.2 Å². The number of sulfonamides is 1. The Hall–Kier alpha value is -0.620. The van der Waals surface area contributed by atoms with Gasteiger partial charge in [0.25, 0.3) is 0 Å². The fourth-order valence-electron chi connectivity index (χ4n) is 2.78. The summed E-state index contributed by atoms with van der Waals surface area (Å²) in [5, 5.41) is 0. The second-order valence-electron chi connectivity index (χ2n) is 5.71. The number of carbonyl (C=O) groups is 1. The third-order valence-corrected chi connectivity index (χ3v) is 5.56. The summed E-state index contributed by atoms with van der Waals surface area (Å²) in [4.78, 5) is 14.3. The first-order valence-electron chi connectivity index (χ1n) is 7.57. The van der Waals surface area contributed by atoms with Crippen LogP contribution in [-0.2, 0) is 14.8 Å². The maximum atomic E-state index is 12.5. The Morgan fingerprint density at radius 2 is 2.00 bits per heavy atom. The third kappa shape index (κ3) is 4.45. The van der Waals surface area contributed by atoms with E-state index in [1.807, 2.05) is 18.7 Å². The molecule has 118 valence electrons. The van der Waals surface area contributed by atoms with Gasteiger partial charge in [-0.25, -0.2) is 8.42 Å². The number of hydrogen-bond acceptors (Lipinski definition) is 3. The van der Waals surface area contributed by atoms with Crippen LogP contribution in [-0.4, -0.2) is 55.0 Å². The molecule has 1 saturated heterocycles. The van der Waals surface area contributed by atoms with E-state index in [0.717, 1.165) is 32.2 Å². The molecule has 0 radical (unpaired) electrons. The van der Waals surface area contributed by atoms with E-state index in [2.05, 4.69) is 6.92 Å². The zero-order valence-corrected chi connectivity index (χ0v) is 13.9. The Balaban J connectivity index is 2.80. The lowest BCUT2D eigenvalue weighted by Gasteiger charge is -2.37. The van der Waals surface area contributed by atoms with E-state index in [4.69, 9.17) is 0 Å². The minimum absolute atomic E-state index is 0.0235. The largest absolute Gasteiger partial charge is 0.339 e.